The van der Waals surface area contributed by atoms with Crippen LogP contribution < -0.4 is 10.6 Å². The molecule has 0 aromatic heterocycles. The van der Waals surface area contributed by atoms with E-state index in [0.717, 1.165) is 48.5 Å². The van der Waals surface area contributed by atoms with Crippen molar-refractivity contribution in [2.45, 2.75) is 24.8 Å². The van der Waals surface area contributed by atoms with Gasteiger partial charge in [0, 0.05) is 16.1 Å². The predicted octanol–water partition coefficient (Wildman–Crippen LogP) is 3.64. The largest absolute Gasteiger partial charge is 0.323 e. The number of nitrogens with zero attached hydrogens (tertiary/aromatic N) is 1. The number of carbonyl (C=O) groups excluding carboxylic acids is 1. The summed E-state index contributed by atoms with van der Waals surface area (Å²) < 4.78 is 0. The zero-order valence-corrected chi connectivity index (χ0v) is 14.6. The third-order valence-electron chi connectivity index (χ3n) is 4.94. The first-order valence-electron chi connectivity index (χ1n) is 8.65. The van der Waals surface area contributed by atoms with E-state index in [0.29, 0.717) is 11.4 Å². The van der Waals surface area contributed by atoms with E-state index in [1.54, 1.807) is 6.07 Å². The molecule has 0 saturated carbocycles. The van der Waals surface area contributed by atoms with Crippen molar-refractivity contribution < 1.29 is 4.79 Å². The standard InChI is InChI=1S/C20H20ClN3O/c21-15-7-8-17-16(13-15)18(14-5-2-1-3-6-14)24-20(19(25)23-17)9-4-11-22-12-10-20/h1-3,5-8,13,22H,4,9-12H2,(H,23,25). The zero-order chi connectivity index (χ0) is 17.3. The second-order valence-corrected chi connectivity index (χ2v) is 7.04. The first-order chi connectivity index (χ1) is 12.2. The minimum Gasteiger partial charge on any atom is -0.323 e. The fraction of sp³-hybridized carbons (Fsp3) is 0.300. The Balaban J connectivity index is 1.93. The van der Waals surface area contributed by atoms with Gasteiger partial charge in [-0.25, -0.2) is 0 Å². The minimum atomic E-state index is -0.736. The third kappa shape index (κ3) is 3.08. The molecular weight excluding hydrogens is 334 g/mol. The Morgan fingerprint density at radius 2 is 1.88 bits per heavy atom. The van der Waals surface area contributed by atoms with Gasteiger partial charge in [0.05, 0.1) is 11.4 Å². The number of carbonyl (C=O) groups is 1. The van der Waals surface area contributed by atoms with Crippen molar-refractivity contribution in [2.24, 2.45) is 4.99 Å². The van der Waals surface area contributed by atoms with Crippen molar-refractivity contribution >= 4 is 28.9 Å². The maximum absolute atomic E-state index is 13.1. The van der Waals surface area contributed by atoms with Gasteiger partial charge in [-0.15, -0.1) is 0 Å². The van der Waals surface area contributed by atoms with Crippen LogP contribution in [-0.4, -0.2) is 30.2 Å². The van der Waals surface area contributed by atoms with Gasteiger partial charge in [0.25, 0.3) is 5.91 Å². The molecule has 1 amide bonds. The van der Waals surface area contributed by atoms with Crippen molar-refractivity contribution in [1.82, 2.24) is 5.32 Å². The number of hydrogen-bond acceptors (Lipinski definition) is 3. The molecule has 1 saturated heterocycles. The molecule has 2 aliphatic rings. The van der Waals surface area contributed by atoms with Gasteiger partial charge < -0.3 is 10.6 Å². The second kappa shape index (κ2) is 6.62. The number of halogens is 1. The molecule has 4 rings (SSSR count). The van der Waals surface area contributed by atoms with Gasteiger partial charge >= 0.3 is 0 Å². The van der Waals surface area contributed by atoms with Crippen LogP contribution in [0.25, 0.3) is 0 Å². The van der Waals surface area contributed by atoms with Gasteiger partial charge in [-0.2, -0.15) is 0 Å². The second-order valence-electron chi connectivity index (χ2n) is 6.61. The number of benzene rings is 2. The number of nitrogens with one attached hydrogen (secondary N) is 2. The molecule has 128 valence electrons. The highest BCUT2D eigenvalue weighted by Gasteiger charge is 2.41. The Morgan fingerprint density at radius 1 is 1.04 bits per heavy atom. The van der Waals surface area contributed by atoms with E-state index < -0.39 is 5.54 Å². The maximum atomic E-state index is 13.1. The highest BCUT2D eigenvalue weighted by atomic mass is 35.5. The summed E-state index contributed by atoms with van der Waals surface area (Å²) in [7, 11) is 0. The summed E-state index contributed by atoms with van der Waals surface area (Å²) in [6, 6.07) is 15.6. The molecule has 1 unspecified atom stereocenters. The van der Waals surface area contributed by atoms with Gasteiger partial charge in [0.1, 0.15) is 5.54 Å². The van der Waals surface area contributed by atoms with Crippen LogP contribution in [0.2, 0.25) is 5.02 Å². The highest BCUT2D eigenvalue weighted by Crippen LogP contribution is 2.34. The van der Waals surface area contributed by atoms with E-state index in [1.807, 2.05) is 42.5 Å². The van der Waals surface area contributed by atoms with Crippen LogP contribution >= 0.6 is 11.6 Å². The molecule has 0 aliphatic carbocycles. The lowest BCUT2D eigenvalue weighted by Gasteiger charge is -2.26. The SMILES string of the molecule is O=C1Nc2ccc(Cl)cc2C(c2ccccc2)=NC12CCCNCC2. The number of aliphatic imine (C=N–C) groups is 1. The van der Waals surface area contributed by atoms with Gasteiger partial charge in [-0.1, -0.05) is 41.9 Å². The Hall–Kier alpha value is -2.17. The molecule has 5 heteroatoms. The van der Waals surface area contributed by atoms with Crippen LogP contribution in [0.15, 0.2) is 53.5 Å². The molecule has 1 atom stereocenters. The quantitative estimate of drug-likeness (QED) is 0.822. The maximum Gasteiger partial charge on any atom is 0.252 e. The van der Waals surface area contributed by atoms with Crippen molar-refractivity contribution in [2.75, 3.05) is 18.4 Å². The molecule has 2 heterocycles. The lowest BCUT2D eigenvalue weighted by Crippen LogP contribution is -2.41. The normalized spacial score (nSPS) is 23.2. The van der Waals surface area contributed by atoms with Crippen LogP contribution in [0.4, 0.5) is 5.69 Å². The van der Waals surface area contributed by atoms with Gasteiger partial charge in [-0.05, 0) is 50.6 Å². The van der Waals surface area contributed by atoms with E-state index in [1.165, 1.54) is 0 Å². The number of amides is 1. The van der Waals surface area contributed by atoms with Crippen LogP contribution in [0.3, 0.4) is 0 Å². The van der Waals surface area contributed by atoms with Crippen molar-refractivity contribution in [3.63, 3.8) is 0 Å². The zero-order valence-electron chi connectivity index (χ0n) is 13.9. The van der Waals surface area contributed by atoms with E-state index >= 15 is 0 Å². The summed E-state index contributed by atoms with van der Waals surface area (Å²) in [6.45, 7) is 1.71. The van der Waals surface area contributed by atoms with Crippen LogP contribution in [0.5, 0.6) is 0 Å². The summed E-state index contributed by atoms with van der Waals surface area (Å²) in [4.78, 5) is 18.2. The lowest BCUT2D eigenvalue weighted by atomic mass is 9.89. The monoisotopic (exact) mass is 353 g/mol. The average molecular weight is 354 g/mol. The van der Waals surface area contributed by atoms with Crippen molar-refractivity contribution in [3.8, 4) is 0 Å². The summed E-state index contributed by atoms with van der Waals surface area (Å²) in [5, 5.41) is 7.11. The molecule has 25 heavy (non-hydrogen) atoms. The Kier molecular flexibility index (Phi) is 4.32. The van der Waals surface area contributed by atoms with Crippen molar-refractivity contribution in [3.05, 3.63) is 64.7 Å². The minimum absolute atomic E-state index is 0.0225. The van der Waals surface area contributed by atoms with E-state index in [9.17, 15) is 4.79 Å². The fourth-order valence-electron chi connectivity index (χ4n) is 3.59. The summed E-state index contributed by atoms with van der Waals surface area (Å²) >= 11 is 6.24. The number of rotatable bonds is 1. The molecule has 0 radical (unpaired) electrons. The van der Waals surface area contributed by atoms with Gasteiger partial charge in [0.2, 0.25) is 0 Å². The Labute approximate surface area is 152 Å². The van der Waals surface area contributed by atoms with Crippen LogP contribution in [0.1, 0.15) is 30.4 Å². The molecule has 2 aromatic rings. The lowest BCUT2D eigenvalue weighted by molar-refractivity contribution is -0.121. The Morgan fingerprint density at radius 3 is 2.72 bits per heavy atom. The summed E-state index contributed by atoms with van der Waals surface area (Å²) in [6.07, 6.45) is 2.36. The molecule has 1 spiro atoms. The summed E-state index contributed by atoms with van der Waals surface area (Å²) in [5.74, 6) is -0.0225. The Bertz CT molecular complexity index is 824. The highest BCUT2D eigenvalue weighted by molar-refractivity contribution is 6.32. The van der Waals surface area contributed by atoms with Gasteiger partial charge in [-0.3, -0.25) is 9.79 Å². The van der Waals surface area contributed by atoms with E-state index in [2.05, 4.69) is 10.6 Å². The van der Waals surface area contributed by atoms with Crippen LogP contribution in [-0.2, 0) is 4.79 Å². The molecule has 4 nitrogen and oxygen atoms in total. The summed E-state index contributed by atoms with van der Waals surface area (Å²) in [5.41, 5.74) is 2.74. The topological polar surface area (TPSA) is 53.5 Å². The first-order valence-corrected chi connectivity index (χ1v) is 9.03. The molecular formula is C20H20ClN3O. The van der Waals surface area contributed by atoms with Crippen LogP contribution in [0, 0.1) is 0 Å². The van der Waals surface area contributed by atoms with Gasteiger partial charge in [0.15, 0.2) is 0 Å². The number of anilines is 1. The average Bonchev–Trinajstić information content (AvgIpc) is 2.94. The van der Waals surface area contributed by atoms with E-state index in [-0.39, 0.29) is 5.91 Å². The predicted molar refractivity (Wildman–Crippen MR) is 102 cm³/mol. The fourth-order valence-corrected chi connectivity index (χ4v) is 3.76. The molecule has 2 N–H and O–H groups in total. The molecule has 2 aromatic carbocycles. The molecule has 1 fully saturated rings. The molecule has 0 bridgehead atoms. The number of fused-ring (bicyclic) bond motifs is 1. The smallest absolute Gasteiger partial charge is 0.252 e. The molecule has 2 aliphatic heterocycles. The number of hydrogen-bond donors (Lipinski definition) is 2. The third-order valence-corrected chi connectivity index (χ3v) is 5.18. The van der Waals surface area contributed by atoms with E-state index in [4.69, 9.17) is 16.6 Å². The van der Waals surface area contributed by atoms with Crippen molar-refractivity contribution in [1.29, 1.82) is 0 Å². The first kappa shape index (κ1) is 16.3.